The van der Waals surface area contributed by atoms with Crippen LogP contribution in [0, 0.1) is 0 Å². The van der Waals surface area contributed by atoms with Crippen LogP contribution in [0.5, 0.6) is 0 Å². The van der Waals surface area contributed by atoms with Crippen LogP contribution in [-0.2, 0) is 9.53 Å². The summed E-state index contributed by atoms with van der Waals surface area (Å²) >= 11 is 0. The lowest BCUT2D eigenvalue weighted by molar-refractivity contribution is -0.125. The van der Waals surface area contributed by atoms with Crippen LogP contribution >= 0.6 is 0 Å². The summed E-state index contributed by atoms with van der Waals surface area (Å²) in [5.41, 5.74) is 0. The van der Waals surface area contributed by atoms with Crippen molar-refractivity contribution >= 4 is 6.47 Å². The van der Waals surface area contributed by atoms with Crippen molar-refractivity contribution in [2.75, 3.05) is 0 Å². The van der Waals surface area contributed by atoms with E-state index in [4.69, 9.17) is 4.74 Å². The fraction of sp³-hybridized carbons (Fsp3) is 0.444. The molecule has 0 aromatic heterocycles. The highest BCUT2D eigenvalue weighted by atomic mass is 16.5. The maximum absolute atomic E-state index is 9.99. The third-order valence-corrected chi connectivity index (χ3v) is 1.63. The first-order valence-electron chi connectivity index (χ1n) is 3.88. The smallest absolute Gasteiger partial charge is 0.298 e. The second-order valence-corrected chi connectivity index (χ2v) is 2.47. The van der Waals surface area contributed by atoms with E-state index in [1.807, 2.05) is 6.08 Å². The Morgan fingerprint density at radius 1 is 1.27 bits per heavy atom. The van der Waals surface area contributed by atoms with Crippen molar-refractivity contribution in [2.24, 2.45) is 0 Å². The molecular formula is C9H12O2. The van der Waals surface area contributed by atoms with Crippen LogP contribution in [0.2, 0.25) is 0 Å². The summed E-state index contributed by atoms with van der Waals surface area (Å²) in [5, 5.41) is 0. The van der Waals surface area contributed by atoms with Crippen molar-refractivity contribution in [2.45, 2.75) is 25.7 Å². The molecule has 0 saturated heterocycles. The highest BCUT2D eigenvalue weighted by molar-refractivity contribution is 5.39. The summed E-state index contributed by atoms with van der Waals surface area (Å²) in [6, 6.07) is 0. The highest BCUT2D eigenvalue weighted by Gasteiger charge is 1.97. The van der Waals surface area contributed by atoms with E-state index in [0.717, 1.165) is 31.4 Å². The lowest BCUT2D eigenvalue weighted by atomic mass is 10.1. The monoisotopic (exact) mass is 152 g/mol. The van der Waals surface area contributed by atoms with Gasteiger partial charge in [0.05, 0.1) is 0 Å². The zero-order valence-corrected chi connectivity index (χ0v) is 6.45. The first-order chi connectivity index (χ1) is 5.43. The summed E-state index contributed by atoms with van der Waals surface area (Å²) in [5.74, 6) is 0.810. The molecule has 2 nitrogen and oxygen atoms in total. The molecule has 0 amide bonds. The molecular weight excluding hydrogens is 140 g/mol. The number of hydrogen-bond acceptors (Lipinski definition) is 2. The Morgan fingerprint density at radius 2 is 2.09 bits per heavy atom. The molecule has 0 aromatic rings. The lowest BCUT2D eigenvalue weighted by Crippen LogP contribution is -1.91. The Bertz CT molecular complexity index is 180. The lowest BCUT2D eigenvalue weighted by Gasteiger charge is -2.04. The quantitative estimate of drug-likeness (QED) is 0.447. The van der Waals surface area contributed by atoms with Gasteiger partial charge in [-0.05, 0) is 25.3 Å². The Hall–Kier alpha value is -1.05. The number of carbonyl (C=O) groups is 1. The average molecular weight is 152 g/mol. The minimum Gasteiger partial charge on any atom is -0.434 e. The van der Waals surface area contributed by atoms with Crippen LogP contribution in [-0.4, -0.2) is 6.47 Å². The van der Waals surface area contributed by atoms with Crippen molar-refractivity contribution in [3.63, 3.8) is 0 Å². The van der Waals surface area contributed by atoms with E-state index in [9.17, 15) is 4.79 Å². The van der Waals surface area contributed by atoms with E-state index in [2.05, 4.69) is 12.2 Å². The molecule has 0 aromatic carbocycles. The summed E-state index contributed by atoms with van der Waals surface area (Å²) < 4.78 is 4.76. The molecule has 0 N–H and O–H groups in total. The summed E-state index contributed by atoms with van der Waals surface area (Å²) in [4.78, 5) is 9.99. The first kappa shape index (κ1) is 8.05. The molecule has 0 heterocycles. The van der Waals surface area contributed by atoms with Gasteiger partial charge in [-0.15, -0.1) is 0 Å². The molecule has 11 heavy (non-hydrogen) atoms. The molecule has 0 radical (unpaired) electrons. The Kier molecular flexibility index (Phi) is 3.45. The van der Waals surface area contributed by atoms with Gasteiger partial charge >= 0.3 is 0 Å². The van der Waals surface area contributed by atoms with Gasteiger partial charge in [0.25, 0.3) is 6.47 Å². The van der Waals surface area contributed by atoms with Crippen molar-refractivity contribution in [3.05, 3.63) is 24.0 Å². The van der Waals surface area contributed by atoms with Crippen LogP contribution in [0.25, 0.3) is 0 Å². The van der Waals surface area contributed by atoms with E-state index in [-0.39, 0.29) is 0 Å². The Morgan fingerprint density at radius 3 is 2.91 bits per heavy atom. The number of carbonyl (C=O) groups excluding carboxylic acids is 1. The number of ether oxygens (including phenoxy) is 1. The molecule has 2 heteroatoms. The molecule has 1 rings (SSSR count). The predicted molar refractivity (Wildman–Crippen MR) is 42.8 cm³/mol. The second-order valence-electron chi connectivity index (χ2n) is 2.47. The number of allylic oxidation sites excluding steroid dienone is 4. The van der Waals surface area contributed by atoms with Gasteiger partial charge in [0, 0.05) is 6.42 Å². The molecule has 0 saturated carbocycles. The van der Waals surface area contributed by atoms with Gasteiger partial charge < -0.3 is 4.74 Å². The van der Waals surface area contributed by atoms with Crippen molar-refractivity contribution in [1.82, 2.24) is 0 Å². The Labute approximate surface area is 66.5 Å². The molecule has 0 fully saturated rings. The highest BCUT2D eigenvalue weighted by Crippen LogP contribution is 2.12. The molecule has 0 atom stereocenters. The van der Waals surface area contributed by atoms with Crippen LogP contribution in [0.1, 0.15) is 25.7 Å². The van der Waals surface area contributed by atoms with Crippen LogP contribution in [0.4, 0.5) is 0 Å². The van der Waals surface area contributed by atoms with Gasteiger partial charge in [-0.25, -0.2) is 0 Å². The average Bonchev–Trinajstić information content (AvgIpc) is 1.94. The molecule has 0 aliphatic heterocycles. The third-order valence-electron chi connectivity index (χ3n) is 1.63. The van der Waals surface area contributed by atoms with Crippen LogP contribution in [0.15, 0.2) is 24.0 Å². The standard InChI is InChI=1S/C9H12O2/c10-8-11-9-6-4-2-1-3-5-7-9/h1-2,7-8H,3-6H2. The minimum atomic E-state index is 0.497. The van der Waals surface area contributed by atoms with Gasteiger partial charge in [-0.1, -0.05) is 12.2 Å². The van der Waals surface area contributed by atoms with Crippen molar-refractivity contribution in [3.8, 4) is 0 Å². The topological polar surface area (TPSA) is 26.3 Å². The van der Waals surface area contributed by atoms with Gasteiger partial charge in [0.1, 0.15) is 5.76 Å². The molecule has 1 aliphatic rings. The van der Waals surface area contributed by atoms with Crippen molar-refractivity contribution < 1.29 is 9.53 Å². The maximum atomic E-state index is 9.99. The molecule has 0 spiro atoms. The van der Waals surface area contributed by atoms with Crippen molar-refractivity contribution in [1.29, 1.82) is 0 Å². The SMILES string of the molecule is O=COC1=CCCC=CCC1. The second kappa shape index (κ2) is 4.72. The zero-order chi connectivity index (χ0) is 7.94. The zero-order valence-electron chi connectivity index (χ0n) is 6.45. The van der Waals surface area contributed by atoms with E-state index in [1.165, 1.54) is 0 Å². The summed E-state index contributed by atoms with van der Waals surface area (Å²) in [6.45, 7) is 0.497. The van der Waals surface area contributed by atoms with E-state index in [1.54, 1.807) is 0 Å². The number of rotatable bonds is 2. The van der Waals surface area contributed by atoms with E-state index < -0.39 is 0 Å². The van der Waals surface area contributed by atoms with Gasteiger partial charge in [-0.3, -0.25) is 4.79 Å². The van der Waals surface area contributed by atoms with Gasteiger partial charge in [0.15, 0.2) is 0 Å². The van der Waals surface area contributed by atoms with Crippen LogP contribution in [0.3, 0.4) is 0 Å². The van der Waals surface area contributed by atoms with E-state index >= 15 is 0 Å². The maximum Gasteiger partial charge on any atom is 0.298 e. The molecule has 0 bridgehead atoms. The van der Waals surface area contributed by atoms with Crippen LogP contribution < -0.4 is 0 Å². The minimum absolute atomic E-state index is 0.497. The normalized spacial score (nSPS) is 18.0. The van der Waals surface area contributed by atoms with E-state index in [0.29, 0.717) is 6.47 Å². The predicted octanol–water partition coefficient (Wildman–Crippen LogP) is 2.17. The summed E-state index contributed by atoms with van der Waals surface area (Å²) in [6.07, 6.45) is 10.1. The van der Waals surface area contributed by atoms with Gasteiger partial charge in [0.2, 0.25) is 0 Å². The molecule has 1 aliphatic carbocycles. The number of hydrogen-bond donors (Lipinski definition) is 0. The summed E-state index contributed by atoms with van der Waals surface area (Å²) in [7, 11) is 0. The molecule has 60 valence electrons. The fourth-order valence-corrected chi connectivity index (χ4v) is 1.07. The Balaban J connectivity index is 2.42. The largest absolute Gasteiger partial charge is 0.434 e. The fourth-order valence-electron chi connectivity index (χ4n) is 1.07. The first-order valence-corrected chi connectivity index (χ1v) is 3.88. The third kappa shape index (κ3) is 3.03. The molecule has 0 unspecified atom stereocenters. The van der Waals surface area contributed by atoms with Gasteiger partial charge in [-0.2, -0.15) is 0 Å².